The Bertz CT molecular complexity index is 1290. The molecule has 4 aromatic rings. The van der Waals surface area contributed by atoms with Crippen LogP contribution in [0.4, 0.5) is 5.69 Å². The Morgan fingerprint density at radius 2 is 1.70 bits per heavy atom. The van der Waals surface area contributed by atoms with Crippen molar-refractivity contribution < 1.29 is 8.42 Å². The number of nitrogens with zero attached hydrogens (tertiary/aromatic N) is 2. The number of anilines is 1. The van der Waals surface area contributed by atoms with Crippen molar-refractivity contribution in [3.8, 4) is 0 Å². The number of hydrogen-bond acceptors (Lipinski definition) is 3. The Morgan fingerprint density at radius 3 is 2.50 bits per heavy atom. The van der Waals surface area contributed by atoms with Gasteiger partial charge in [0.2, 0.25) is 0 Å². The molecule has 1 heterocycles. The first kappa shape index (κ1) is 20.2. The van der Waals surface area contributed by atoms with Crippen molar-refractivity contribution in [3.05, 3.63) is 89.7 Å². The number of nitrogens with one attached hydrogen (secondary N) is 1. The van der Waals surface area contributed by atoms with Crippen LogP contribution < -0.4 is 4.72 Å². The van der Waals surface area contributed by atoms with E-state index in [-0.39, 0.29) is 0 Å². The van der Waals surface area contributed by atoms with Crippen molar-refractivity contribution in [2.24, 2.45) is 0 Å². The molecule has 0 spiro atoms. The highest BCUT2D eigenvalue weighted by Gasteiger charge is 2.16. The molecule has 0 bridgehead atoms. The van der Waals surface area contributed by atoms with Crippen LogP contribution in [0, 0.1) is 6.92 Å². The first-order valence-corrected chi connectivity index (χ1v) is 11.6. The van der Waals surface area contributed by atoms with Crippen molar-refractivity contribution in [1.29, 1.82) is 0 Å². The van der Waals surface area contributed by atoms with E-state index in [2.05, 4.69) is 22.3 Å². The van der Waals surface area contributed by atoms with Gasteiger partial charge in [0.25, 0.3) is 10.0 Å². The number of hydrogen-bond donors (Lipinski definition) is 1. The van der Waals surface area contributed by atoms with Crippen LogP contribution in [-0.2, 0) is 29.4 Å². The second kappa shape index (κ2) is 8.32. The third kappa shape index (κ3) is 4.09. The minimum absolute atomic E-state index is 0.298. The molecule has 4 rings (SSSR count). The minimum Gasteiger partial charge on any atom is -0.328 e. The maximum atomic E-state index is 12.8. The predicted octanol–water partition coefficient (Wildman–Crippen LogP) is 4.95. The largest absolute Gasteiger partial charge is 0.328 e. The van der Waals surface area contributed by atoms with E-state index in [1.165, 1.54) is 0 Å². The van der Waals surface area contributed by atoms with Crippen LogP contribution in [0.2, 0.25) is 0 Å². The fraction of sp³-hybridized carbons (Fsp3) is 0.208. The Hall–Kier alpha value is -3.12. The van der Waals surface area contributed by atoms with Gasteiger partial charge < -0.3 is 4.57 Å². The highest BCUT2D eigenvalue weighted by molar-refractivity contribution is 7.92. The maximum Gasteiger partial charge on any atom is 0.262 e. The zero-order valence-corrected chi connectivity index (χ0v) is 18.0. The van der Waals surface area contributed by atoms with Crippen molar-refractivity contribution in [2.75, 3.05) is 4.72 Å². The number of aryl methyl sites for hydroxylation is 4. The SMILES string of the molecule is CCn1c(CCc2cccc(NS(=O)(=O)c3ccccc3C)c2)nc2ccccc21. The smallest absolute Gasteiger partial charge is 0.262 e. The molecular formula is C24H25N3O2S. The Morgan fingerprint density at radius 1 is 0.933 bits per heavy atom. The van der Waals surface area contributed by atoms with Gasteiger partial charge in [-0.1, -0.05) is 42.5 Å². The molecule has 0 saturated heterocycles. The lowest BCUT2D eigenvalue weighted by Crippen LogP contribution is -2.14. The zero-order valence-electron chi connectivity index (χ0n) is 17.2. The monoisotopic (exact) mass is 419 g/mol. The number of aromatic nitrogens is 2. The molecule has 0 atom stereocenters. The number of benzene rings is 3. The van der Waals surface area contributed by atoms with Crippen molar-refractivity contribution >= 4 is 26.7 Å². The molecule has 0 saturated carbocycles. The van der Waals surface area contributed by atoms with Crippen LogP contribution in [0.5, 0.6) is 0 Å². The quantitative estimate of drug-likeness (QED) is 0.461. The van der Waals surface area contributed by atoms with Gasteiger partial charge >= 0.3 is 0 Å². The van der Waals surface area contributed by atoms with Crippen molar-refractivity contribution in [3.63, 3.8) is 0 Å². The standard InChI is InChI=1S/C24H25N3O2S/c1-3-27-22-13-6-5-12-21(22)25-24(27)16-15-19-10-8-11-20(17-19)26-30(28,29)23-14-7-4-9-18(23)2/h4-14,17,26H,3,15-16H2,1-2H3. The average molecular weight is 420 g/mol. The van der Waals surface area contributed by atoms with E-state index in [4.69, 9.17) is 4.98 Å². The van der Waals surface area contributed by atoms with E-state index in [1.807, 2.05) is 42.5 Å². The van der Waals surface area contributed by atoms with Gasteiger partial charge in [-0.3, -0.25) is 4.72 Å². The lowest BCUT2D eigenvalue weighted by atomic mass is 10.1. The van der Waals surface area contributed by atoms with E-state index in [0.717, 1.165) is 47.4 Å². The molecule has 5 nitrogen and oxygen atoms in total. The topological polar surface area (TPSA) is 64.0 Å². The zero-order chi connectivity index (χ0) is 21.1. The van der Waals surface area contributed by atoms with Crippen LogP contribution >= 0.6 is 0 Å². The van der Waals surface area contributed by atoms with Gasteiger partial charge in [-0.05, 0) is 61.7 Å². The second-order valence-corrected chi connectivity index (χ2v) is 8.98. The number of imidazole rings is 1. The predicted molar refractivity (Wildman–Crippen MR) is 121 cm³/mol. The lowest BCUT2D eigenvalue weighted by Gasteiger charge is -2.11. The summed E-state index contributed by atoms with van der Waals surface area (Å²) in [6.07, 6.45) is 1.57. The number of sulfonamides is 1. The van der Waals surface area contributed by atoms with Crippen LogP contribution in [0.3, 0.4) is 0 Å². The van der Waals surface area contributed by atoms with Gasteiger partial charge in [-0.15, -0.1) is 0 Å². The summed E-state index contributed by atoms with van der Waals surface area (Å²) in [6, 6.07) is 22.7. The van der Waals surface area contributed by atoms with Gasteiger partial charge in [0.1, 0.15) is 5.82 Å². The molecule has 0 radical (unpaired) electrons. The van der Waals surface area contributed by atoms with E-state index in [0.29, 0.717) is 10.6 Å². The van der Waals surface area contributed by atoms with Crippen molar-refractivity contribution in [2.45, 2.75) is 38.1 Å². The van der Waals surface area contributed by atoms with E-state index in [9.17, 15) is 8.42 Å². The summed E-state index contributed by atoms with van der Waals surface area (Å²) in [7, 11) is -3.62. The molecule has 0 amide bonds. The molecule has 0 aliphatic heterocycles. The summed E-state index contributed by atoms with van der Waals surface area (Å²) in [5.74, 6) is 1.05. The Balaban J connectivity index is 1.53. The third-order valence-electron chi connectivity index (χ3n) is 5.25. The van der Waals surface area contributed by atoms with Gasteiger partial charge in [-0.25, -0.2) is 13.4 Å². The van der Waals surface area contributed by atoms with Crippen molar-refractivity contribution in [1.82, 2.24) is 9.55 Å². The fourth-order valence-corrected chi connectivity index (χ4v) is 5.08. The maximum absolute atomic E-state index is 12.8. The Labute approximate surface area is 177 Å². The summed E-state index contributed by atoms with van der Waals surface area (Å²) in [4.78, 5) is 5.08. The van der Waals surface area contributed by atoms with Crippen LogP contribution in [-0.4, -0.2) is 18.0 Å². The number of fused-ring (bicyclic) bond motifs is 1. The molecule has 0 aliphatic carbocycles. The molecule has 154 valence electrons. The molecular weight excluding hydrogens is 394 g/mol. The van der Waals surface area contributed by atoms with Crippen LogP contribution in [0.15, 0.2) is 77.7 Å². The Kier molecular flexibility index (Phi) is 5.59. The fourth-order valence-electron chi connectivity index (χ4n) is 3.78. The molecule has 6 heteroatoms. The summed E-state index contributed by atoms with van der Waals surface area (Å²) >= 11 is 0. The first-order chi connectivity index (χ1) is 14.5. The summed E-state index contributed by atoms with van der Waals surface area (Å²) in [6.45, 7) is 4.79. The summed E-state index contributed by atoms with van der Waals surface area (Å²) in [5, 5.41) is 0. The molecule has 0 aliphatic rings. The van der Waals surface area contributed by atoms with Crippen LogP contribution in [0.1, 0.15) is 23.9 Å². The van der Waals surface area contributed by atoms with E-state index < -0.39 is 10.0 Å². The number of para-hydroxylation sites is 2. The van der Waals surface area contributed by atoms with Gasteiger partial charge in [-0.2, -0.15) is 0 Å². The summed E-state index contributed by atoms with van der Waals surface area (Å²) < 4.78 is 30.5. The van der Waals surface area contributed by atoms with E-state index >= 15 is 0 Å². The van der Waals surface area contributed by atoms with Crippen LogP contribution in [0.25, 0.3) is 11.0 Å². The lowest BCUT2D eigenvalue weighted by molar-refractivity contribution is 0.600. The second-order valence-electron chi connectivity index (χ2n) is 7.33. The van der Waals surface area contributed by atoms with Gasteiger partial charge in [0.05, 0.1) is 15.9 Å². The average Bonchev–Trinajstić information content (AvgIpc) is 3.10. The molecule has 3 aromatic carbocycles. The minimum atomic E-state index is -3.62. The highest BCUT2D eigenvalue weighted by atomic mass is 32.2. The first-order valence-electron chi connectivity index (χ1n) is 10.1. The van der Waals surface area contributed by atoms with Gasteiger partial charge in [0, 0.05) is 18.7 Å². The molecule has 30 heavy (non-hydrogen) atoms. The molecule has 1 aromatic heterocycles. The van der Waals surface area contributed by atoms with E-state index in [1.54, 1.807) is 31.2 Å². The molecule has 0 fully saturated rings. The number of rotatable bonds is 7. The molecule has 0 unspecified atom stereocenters. The molecule has 1 N–H and O–H groups in total. The highest BCUT2D eigenvalue weighted by Crippen LogP contribution is 2.21. The summed E-state index contributed by atoms with van der Waals surface area (Å²) in [5.41, 5.74) is 4.51. The van der Waals surface area contributed by atoms with Gasteiger partial charge in [0.15, 0.2) is 0 Å². The third-order valence-corrected chi connectivity index (χ3v) is 6.79. The normalized spacial score (nSPS) is 11.7.